The van der Waals surface area contributed by atoms with E-state index in [1.807, 2.05) is 18.2 Å². The zero-order chi connectivity index (χ0) is 20.2. The molecule has 4 nitrogen and oxygen atoms in total. The lowest BCUT2D eigenvalue weighted by Gasteiger charge is -2.11. The molecule has 0 aromatic rings. The molecule has 0 aliphatic carbocycles. The van der Waals surface area contributed by atoms with E-state index < -0.39 is 24.6 Å². The van der Waals surface area contributed by atoms with Gasteiger partial charge in [0, 0.05) is 0 Å². The Hall–Kier alpha value is -1.49. The highest BCUT2D eigenvalue weighted by Crippen LogP contribution is 2.10. The van der Waals surface area contributed by atoms with Gasteiger partial charge in [0.1, 0.15) is 12.2 Å². The Kier molecular flexibility index (Phi) is 18.2. The second-order valence-electron chi connectivity index (χ2n) is 6.77. The monoisotopic (exact) mass is 378 g/mol. The summed E-state index contributed by atoms with van der Waals surface area (Å²) >= 11 is 0. The lowest BCUT2D eigenvalue weighted by Crippen LogP contribution is -2.35. The summed E-state index contributed by atoms with van der Waals surface area (Å²) in [6.45, 7) is 1.60. The molecule has 0 aromatic carbocycles. The van der Waals surface area contributed by atoms with E-state index in [2.05, 4.69) is 13.0 Å². The molecule has 0 radical (unpaired) electrons. The van der Waals surface area contributed by atoms with Crippen LogP contribution in [0.1, 0.15) is 71.1 Å². The van der Waals surface area contributed by atoms with Crippen LogP contribution in [0.25, 0.3) is 0 Å². The molecular formula is C23H38O4. The fraction of sp³-hybridized carbons (Fsp3) is 0.609. The maximum Gasteiger partial charge on any atom is 0.186 e. The molecule has 0 amide bonds. The number of allylic oxidation sites excluding steroid dienone is 7. The summed E-state index contributed by atoms with van der Waals surface area (Å²) in [4.78, 5) is 11.4. The molecule has 0 saturated carbocycles. The van der Waals surface area contributed by atoms with Crippen LogP contribution in [-0.4, -0.2) is 39.9 Å². The number of carbonyl (C=O) groups is 1. The van der Waals surface area contributed by atoms with Gasteiger partial charge in [0.25, 0.3) is 0 Å². The number of hydrogen-bond donors (Lipinski definition) is 3. The average molecular weight is 379 g/mol. The second kappa shape index (κ2) is 19.3. The SMILES string of the molecule is CCCCCCCCCCCC=CC=CC=CC=CC(=O)C(O)C(O)CO. The first-order valence-electron chi connectivity index (χ1n) is 10.3. The third-order valence-electron chi connectivity index (χ3n) is 4.27. The first-order valence-corrected chi connectivity index (χ1v) is 10.3. The molecule has 0 rings (SSSR count). The third kappa shape index (κ3) is 16.4. The van der Waals surface area contributed by atoms with Crippen LogP contribution < -0.4 is 0 Å². The molecule has 3 N–H and O–H groups in total. The van der Waals surface area contributed by atoms with Gasteiger partial charge in [-0.25, -0.2) is 0 Å². The van der Waals surface area contributed by atoms with Crippen molar-refractivity contribution in [3.63, 3.8) is 0 Å². The Morgan fingerprint density at radius 1 is 0.778 bits per heavy atom. The van der Waals surface area contributed by atoms with E-state index in [0.29, 0.717) is 0 Å². The van der Waals surface area contributed by atoms with Crippen LogP contribution in [0.2, 0.25) is 0 Å². The number of carbonyl (C=O) groups excluding carboxylic acids is 1. The first-order chi connectivity index (χ1) is 13.1. The van der Waals surface area contributed by atoms with Crippen molar-refractivity contribution in [2.24, 2.45) is 0 Å². The van der Waals surface area contributed by atoms with E-state index in [1.54, 1.807) is 12.2 Å². The second-order valence-corrected chi connectivity index (χ2v) is 6.77. The van der Waals surface area contributed by atoms with Crippen molar-refractivity contribution in [2.75, 3.05) is 6.61 Å². The zero-order valence-electron chi connectivity index (χ0n) is 16.8. The lowest BCUT2D eigenvalue weighted by atomic mass is 10.1. The summed E-state index contributed by atoms with van der Waals surface area (Å²) in [5.41, 5.74) is 0. The highest BCUT2D eigenvalue weighted by atomic mass is 16.4. The number of unbranched alkanes of at least 4 members (excludes halogenated alkanes) is 9. The molecule has 27 heavy (non-hydrogen) atoms. The van der Waals surface area contributed by atoms with Crippen LogP contribution in [0.3, 0.4) is 0 Å². The molecule has 0 spiro atoms. The molecule has 0 aliphatic heterocycles. The molecular weight excluding hydrogens is 340 g/mol. The Balaban J connectivity index is 3.66. The van der Waals surface area contributed by atoms with Gasteiger partial charge in [-0.1, -0.05) is 101 Å². The molecule has 0 aromatic heterocycles. The van der Waals surface area contributed by atoms with Crippen LogP contribution >= 0.6 is 0 Å². The normalized spacial score (nSPS) is 14.8. The molecule has 2 atom stereocenters. The Labute approximate surface area is 165 Å². The van der Waals surface area contributed by atoms with Crippen LogP contribution in [0.15, 0.2) is 48.6 Å². The van der Waals surface area contributed by atoms with Crippen LogP contribution in [0.4, 0.5) is 0 Å². The predicted molar refractivity (Wildman–Crippen MR) is 113 cm³/mol. The van der Waals surface area contributed by atoms with E-state index in [0.717, 1.165) is 6.42 Å². The number of hydrogen-bond acceptors (Lipinski definition) is 4. The van der Waals surface area contributed by atoms with Gasteiger partial charge in [0.05, 0.1) is 6.61 Å². The number of rotatable bonds is 17. The summed E-state index contributed by atoms with van der Waals surface area (Å²) in [5.74, 6) is -0.633. The van der Waals surface area contributed by atoms with Crippen molar-refractivity contribution < 1.29 is 20.1 Å². The minimum absolute atomic E-state index is 0.633. The zero-order valence-corrected chi connectivity index (χ0v) is 16.8. The van der Waals surface area contributed by atoms with E-state index in [1.165, 1.54) is 69.9 Å². The minimum Gasteiger partial charge on any atom is -0.394 e. The summed E-state index contributed by atoms with van der Waals surface area (Å²) in [6.07, 6.45) is 24.3. The standard InChI is InChI=1S/C23H38O4/c1-2-3-4-5-6-7-8-9-10-11-12-13-14-15-16-17-18-19-21(25)23(27)22(26)20-24/h12-19,22-24,26-27H,2-11,20H2,1H3. The number of aliphatic hydroxyl groups is 3. The van der Waals surface area contributed by atoms with Gasteiger partial charge in [-0.15, -0.1) is 0 Å². The molecule has 0 bridgehead atoms. The number of aliphatic hydroxyl groups excluding tert-OH is 3. The van der Waals surface area contributed by atoms with Gasteiger partial charge in [-0.2, -0.15) is 0 Å². The highest BCUT2D eigenvalue weighted by molar-refractivity contribution is 5.94. The van der Waals surface area contributed by atoms with Gasteiger partial charge in [0.15, 0.2) is 5.78 Å². The third-order valence-corrected chi connectivity index (χ3v) is 4.27. The van der Waals surface area contributed by atoms with Crippen molar-refractivity contribution in [2.45, 2.75) is 83.3 Å². The topological polar surface area (TPSA) is 77.8 Å². The Morgan fingerprint density at radius 3 is 1.89 bits per heavy atom. The van der Waals surface area contributed by atoms with Gasteiger partial charge in [-0.05, 0) is 18.9 Å². The van der Waals surface area contributed by atoms with Gasteiger partial charge < -0.3 is 15.3 Å². The molecule has 154 valence electrons. The van der Waals surface area contributed by atoms with Crippen molar-refractivity contribution >= 4 is 5.78 Å². The maximum absolute atomic E-state index is 11.4. The van der Waals surface area contributed by atoms with Crippen LogP contribution in [-0.2, 0) is 4.79 Å². The van der Waals surface area contributed by atoms with Crippen molar-refractivity contribution in [1.29, 1.82) is 0 Å². The fourth-order valence-corrected chi connectivity index (χ4v) is 2.54. The van der Waals surface area contributed by atoms with Crippen molar-refractivity contribution in [3.05, 3.63) is 48.6 Å². The smallest absolute Gasteiger partial charge is 0.186 e. The summed E-state index contributed by atoms with van der Waals surface area (Å²) in [5, 5.41) is 27.2. The largest absolute Gasteiger partial charge is 0.394 e. The quantitative estimate of drug-likeness (QED) is 0.199. The summed E-state index contributed by atoms with van der Waals surface area (Å²) in [7, 11) is 0. The average Bonchev–Trinajstić information content (AvgIpc) is 2.68. The van der Waals surface area contributed by atoms with Crippen LogP contribution in [0.5, 0.6) is 0 Å². The molecule has 2 unspecified atom stereocenters. The lowest BCUT2D eigenvalue weighted by molar-refractivity contribution is -0.129. The summed E-state index contributed by atoms with van der Waals surface area (Å²) in [6, 6.07) is 0. The first kappa shape index (κ1) is 25.5. The fourth-order valence-electron chi connectivity index (χ4n) is 2.54. The van der Waals surface area contributed by atoms with Crippen molar-refractivity contribution in [3.8, 4) is 0 Å². The Morgan fingerprint density at radius 2 is 1.30 bits per heavy atom. The van der Waals surface area contributed by atoms with Gasteiger partial charge in [-0.3, -0.25) is 4.79 Å². The predicted octanol–water partition coefficient (Wildman–Crippen LogP) is 4.42. The molecule has 0 aliphatic rings. The van der Waals surface area contributed by atoms with Gasteiger partial charge in [0.2, 0.25) is 0 Å². The maximum atomic E-state index is 11.4. The highest BCUT2D eigenvalue weighted by Gasteiger charge is 2.20. The molecule has 0 saturated heterocycles. The molecule has 0 fully saturated rings. The van der Waals surface area contributed by atoms with E-state index in [4.69, 9.17) is 10.2 Å². The minimum atomic E-state index is -1.58. The van der Waals surface area contributed by atoms with E-state index in [9.17, 15) is 9.90 Å². The molecule has 4 heteroatoms. The van der Waals surface area contributed by atoms with Crippen molar-refractivity contribution in [1.82, 2.24) is 0 Å². The molecule has 0 heterocycles. The number of ketones is 1. The van der Waals surface area contributed by atoms with Gasteiger partial charge >= 0.3 is 0 Å². The van der Waals surface area contributed by atoms with E-state index >= 15 is 0 Å². The van der Waals surface area contributed by atoms with E-state index in [-0.39, 0.29) is 0 Å². The Bertz CT molecular complexity index is 463. The summed E-state index contributed by atoms with van der Waals surface area (Å²) < 4.78 is 0. The van der Waals surface area contributed by atoms with Crippen LogP contribution in [0, 0.1) is 0 Å².